The van der Waals surface area contributed by atoms with Crippen molar-refractivity contribution in [3.8, 4) is 10.4 Å². The van der Waals surface area contributed by atoms with Gasteiger partial charge in [-0.15, -0.1) is 11.3 Å². The molecule has 30 heavy (non-hydrogen) atoms. The average molecular weight is 437 g/mol. The van der Waals surface area contributed by atoms with Crippen molar-refractivity contribution >= 4 is 35.0 Å². The molecule has 2 amide bonds. The Morgan fingerprint density at radius 3 is 2.23 bits per heavy atom. The Morgan fingerprint density at radius 1 is 1.13 bits per heavy atom. The minimum atomic E-state index is -1.35. The van der Waals surface area contributed by atoms with E-state index >= 15 is 0 Å². The average Bonchev–Trinajstić information content (AvgIpc) is 3.16. The van der Waals surface area contributed by atoms with Gasteiger partial charge in [-0.25, -0.2) is 9.59 Å². The molecule has 1 aromatic carbocycles. The first kappa shape index (κ1) is 25.1. The van der Waals surface area contributed by atoms with Gasteiger partial charge < -0.3 is 20.3 Å². The van der Waals surface area contributed by atoms with E-state index in [-0.39, 0.29) is 0 Å². The van der Waals surface area contributed by atoms with E-state index in [0.717, 1.165) is 10.4 Å². The maximum Gasteiger partial charge on any atom is 0.412 e. The van der Waals surface area contributed by atoms with Crippen LogP contribution in [0.15, 0.2) is 35.7 Å². The summed E-state index contributed by atoms with van der Waals surface area (Å²) in [4.78, 5) is 35.6. The molecule has 0 aliphatic carbocycles. The van der Waals surface area contributed by atoms with Gasteiger partial charge in [0.1, 0.15) is 5.60 Å². The second kappa shape index (κ2) is 11.3. The first-order valence-electron chi connectivity index (χ1n) is 9.42. The first-order valence-corrected chi connectivity index (χ1v) is 10.3. The number of anilines is 1. The lowest BCUT2D eigenvalue weighted by atomic mass is 10.1. The normalized spacial score (nSPS) is 11.5. The Bertz CT molecular complexity index is 855. The lowest BCUT2D eigenvalue weighted by molar-refractivity contribution is -0.140. The number of thiophene rings is 1. The van der Waals surface area contributed by atoms with E-state index in [4.69, 9.17) is 14.9 Å². The minimum absolute atomic E-state index is 0.302. The van der Waals surface area contributed by atoms with Gasteiger partial charge in [0.15, 0.2) is 6.04 Å². The highest BCUT2D eigenvalue weighted by Crippen LogP contribution is 2.28. The van der Waals surface area contributed by atoms with Crippen molar-refractivity contribution in [1.82, 2.24) is 5.32 Å². The molecule has 0 saturated carbocycles. The van der Waals surface area contributed by atoms with Crippen LogP contribution in [-0.4, -0.2) is 46.4 Å². The molecular formula is C21H28N2O6S. The number of nitrogens with one attached hydrogen (secondary N) is 2. The highest BCUT2D eigenvalue weighted by Gasteiger charge is 2.20. The fraction of sp³-hybridized carbons (Fsp3) is 0.381. The fourth-order valence-electron chi connectivity index (χ4n) is 2.17. The predicted molar refractivity (Wildman–Crippen MR) is 117 cm³/mol. The molecule has 2 aromatic rings. The Labute approximate surface area is 179 Å². The summed E-state index contributed by atoms with van der Waals surface area (Å²) in [5.74, 6) is -1.88. The van der Waals surface area contributed by atoms with Crippen molar-refractivity contribution in [3.63, 3.8) is 0 Å². The van der Waals surface area contributed by atoms with Crippen LogP contribution in [0.2, 0.25) is 0 Å². The number of carboxylic acids is 1. The van der Waals surface area contributed by atoms with E-state index in [1.807, 2.05) is 13.8 Å². The van der Waals surface area contributed by atoms with Crippen LogP contribution < -0.4 is 10.6 Å². The molecule has 0 bridgehead atoms. The Morgan fingerprint density at radius 2 is 1.73 bits per heavy atom. The summed E-state index contributed by atoms with van der Waals surface area (Å²) in [6, 6.07) is 7.28. The Kier molecular flexibility index (Phi) is 9.48. The SMILES string of the molecule is CC.CC(C)(C)OC(=O)Nc1ccc(-c2cc(C(=O)NC(CO)C(=O)O)cs2)cc1. The number of hydrogen-bond donors (Lipinski definition) is 4. The lowest BCUT2D eigenvalue weighted by Crippen LogP contribution is -2.43. The largest absolute Gasteiger partial charge is 0.480 e. The molecule has 8 nitrogen and oxygen atoms in total. The minimum Gasteiger partial charge on any atom is -0.480 e. The van der Waals surface area contributed by atoms with E-state index in [1.54, 1.807) is 56.5 Å². The van der Waals surface area contributed by atoms with E-state index in [9.17, 15) is 14.4 Å². The molecule has 9 heteroatoms. The first-order chi connectivity index (χ1) is 14.1. The second-order valence-corrected chi connectivity index (χ2v) is 7.86. The van der Waals surface area contributed by atoms with E-state index in [0.29, 0.717) is 11.3 Å². The number of benzene rings is 1. The van der Waals surface area contributed by atoms with Crippen molar-refractivity contribution in [3.05, 3.63) is 41.3 Å². The number of carbonyl (C=O) groups is 3. The third-order valence-corrected chi connectivity index (χ3v) is 4.44. The topological polar surface area (TPSA) is 125 Å². The molecule has 4 N–H and O–H groups in total. The van der Waals surface area contributed by atoms with Crippen LogP contribution in [0.4, 0.5) is 10.5 Å². The number of ether oxygens (including phenoxy) is 1. The van der Waals surface area contributed by atoms with Gasteiger partial charge in [-0.3, -0.25) is 10.1 Å². The standard InChI is InChI=1S/C19H22N2O6S.C2H6/c1-19(2,3)27-18(26)20-13-6-4-11(5-7-13)15-8-12(10-28-15)16(23)21-14(9-22)17(24)25;1-2/h4-8,10,14,22H,9H2,1-3H3,(H,20,26)(H,21,23)(H,24,25);1-2H3. The van der Waals surface area contributed by atoms with Crippen LogP contribution in [0.5, 0.6) is 0 Å². The monoisotopic (exact) mass is 436 g/mol. The third-order valence-electron chi connectivity index (χ3n) is 3.46. The number of aliphatic hydroxyl groups excluding tert-OH is 1. The van der Waals surface area contributed by atoms with E-state index in [1.165, 1.54) is 11.3 Å². The number of hydrogen-bond acceptors (Lipinski definition) is 6. The van der Waals surface area contributed by atoms with Crippen molar-refractivity contribution in [1.29, 1.82) is 0 Å². The van der Waals surface area contributed by atoms with Gasteiger partial charge in [0.2, 0.25) is 0 Å². The molecule has 0 saturated heterocycles. The number of aliphatic hydroxyl groups is 1. The molecule has 1 aromatic heterocycles. The Balaban J connectivity index is 0.00000218. The molecule has 0 radical (unpaired) electrons. The zero-order valence-corrected chi connectivity index (χ0v) is 18.5. The third kappa shape index (κ3) is 7.84. The van der Waals surface area contributed by atoms with Crippen molar-refractivity contribution in [2.45, 2.75) is 46.3 Å². The second-order valence-electron chi connectivity index (χ2n) is 6.95. The molecule has 0 aliphatic rings. The fourth-order valence-corrected chi connectivity index (χ4v) is 3.07. The van der Waals surface area contributed by atoms with Crippen LogP contribution in [0.25, 0.3) is 10.4 Å². The zero-order valence-electron chi connectivity index (χ0n) is 17.7. The summed E-state index contributed by atoms with van der Waals surface area (Å²) in [5, 5.41) is 24.4. The van der Waals surface area contributed by atoms with Gasteiger partial charge in [0, 0.05) is 15.9 Å². The van der Waals surface area contributed by atoms with Crippen LogP contribution in [0.1, 0.15) is 45.0 Å². The number of aliphatic carboxylic acids is 1. The van der Waals surface area contributed by atoms with Gasteiger partial charge >= 0.3 is 12.1 Å². The summed E-state index contributed by atoms with van der Waals surface area (Å²) in [7, 11) is 0. The number of carboxylic acid groups (broad SMARTS) is 1. The highest BCUT2D eigenvalue weighted by atomic mass is 32.1. The van der Waals surface area contributed by atoms with E-state index in [2.05, 4.69) is 10.6 Å². The van der Waals surface area contributed by atoms with E-state index < -0.39 is 36.2 Å². The molecular weight excluding hydrogens is 408 g/mol. The number of amides is 2. The summed E-state index contributed by atoms with van der Waals surface area (Å²) >= 11 is 1.32. The van der Waals surface area contributed by atoms with Crippen molar-refractivity contribution < 1.29 is 29.3 Å². The van der Waals surface area contributed by atoms with Crippen LogP contribution >= 0.6 is 11.3 Å². The molecule has 1 atom stereocenters. The molecule has 0 spiro atoms. The molecule has 164 valence electrons. The maximum atomic E-state index is 12.1. The molecule has 1 heterocycles. The van der Waals surface area contributed by atoms with Crippen molar-refractivity contribution in [2.24, 2.45) is 0 Å². The number of carbonyl (C=O) groups excluding carboxylic acids is 2. The van der Waals surface area contributed by atoms with Crippen molar-refractivity contribution in [2.75, 3.05) is 11.9 Å². The van der Waals surface area contributed by atoms with Crippen LogP contribution in [-0.2, 0) is 9.53 Å². The lowest BCUT2D eigenvalue weighted by Gasteiger charge is -2.19. The number of rotatable bonds is 6. The van der Waals surface area contributed by atoms with Crippen LogP contribution in [0, 0.1) is 0 Å². The Hall–Kier alpha value is -2.91. The van der Waals surface area contributed by atoms with Gasteiger partial charge in [0.25, 0.3) is 5.91 Å². The highest BCUT2D eigenvalue weighted by molar-refractivity contribution is 7.13. The summed E-state index contributed by atoms with van der Waals surface area (Å²) in [5.41, 5.74) is 1.11. The van der Waals surface area contributed by atoms with Crippen LogP contribution in [0.3, 0.4) is 0 Å². The van der Waals surface area contributed by atoms with Gasteiger partial charge in [-0.2, -0.15) is 0 Å². The summed E-state index contributed by atoms with van der Waals surface area (Å²) in [6.07, 6.45) is -0.549. The van der Waals surface area contributed by atoms with Gasteiger partial charge in [-0.1, -0.05) is 26.0 Å². The van der Waals surface area contributed by atoms with Gasteiger partial charge in [-0.05, 0) is 44.5 Å². The predicted octanol–water partition coefficient (Wildman–Crippen LogP) is 3.96. The molecule has 2 rings (SSSR count). The zero-order chi connectivity index (χ0) is 22.9. The molecule has 0 fully saturated rings. The maximum absolute atomic E-state index is 12.1. The molecule has 0 aliphatic heterocycles. The smallest absolute Gasteiger partial charge is 0.412 e. The quantitative estimate of drug-likeness (QED) is 0.543. The summed E-state index contributed by atoms with van der Waals surface area (Å²) < 4.78 is 5.19. The summed E-state index contributed by atoms with van der Waals surface area (Å²) in [6.45, 7) is 8.64. The molecule has 1 unspecified atom stereocenters. The van der Waals surface area contributed by atoms with Gasteiger partial charge in [0.05, 0.1) is 12.2 Å².